The third kappa shape index (κ3) is 4.88. The maximum atomic E-state index is 11.8. The van der Waals surface area contributed by atoms with E-state index < -0.39 is 18.0 Å². The number of anilines is 1. The summed E-state index contributed by atoms with van der Waals surface area (Å²) in [6.07, 6.45) is 2.51. The molecule has 1 unspecified atom stereocenters. The Hall–Kier alpha value is -2.09. The minimum absolute atomic E-state index is 0.308. The molecule has 0 aliphatic heterocycles. The van der Waals surface area contributed by atoms with Crippen LogP contribution in [0.4, 0.5) is 10.5 Å². The van der Waals surface area contributed by atoms with E-state index in [0.717, 1.165) is 0 Å². The molecule has 0 bridgehead atoms. The second-order valence-corrected chi connectivity index (χ2v) is 4.43. The molecule has 1 aromatic rings. The summed E-state index contributed by atoms with van der Waals surface area (Å²) in [7, 11) is 3.28. The lowest BCUT2D eigenvalue weighted by molar-refractivity contribution is -0.139. The van der Waals surface area contributed by atoms with Crippen LogP contribution in [-0.4, -0.2) is 46.6 Å². The monoisotopic (exact) mass is 284 g/mol. The van der Waals surface area contributed by atoms with Gasteiger partial charge in [-0.1, -0.05) is 0 Å². The number of nitrogens with zero attached hydrogens (tertiary/aromatic N) is 2. The smallest absolute Gasteiger partial charge is 0.326 e. The molecule has 0 aliphatic carbocycles. The molecule has 0 radical (unpaired) electrons. The molecule has 1 aromatic heterocycles. The van der Waals surface area contributed by atoms with E-state index in [2.05, 4.69) is 15.7 Å². The van der Waals surface area contributed by atoms with E-state index in [1.54, 1.807) is 32.0 Å². The number of aliphatic carboxylic acids is 1. The van der Waals surface area contributed by atoms with Gasteiger partial charge in [0.25, 0.3) is 0 Å². The second kappa shape index (κ2) is 7.49. The standard InChI is InChI=1S/C12H20N4O4/c1-8-10(7-16(2)15-8)14-12(19)13-9(11(17)18)5-4-6-20-3/h7,9H,4-6H2,1-3H3,(H,17,18)(H2,13,14,19). The number of urea groups is 1. The molecule has 0 aliphatic rings. The zero-order valence-corrected chi connectivity index (χ0v) is 11.8. The van der Waals surface area contributed by atoms with Gasteiger partial charge in [-0.25, -0.2) is 9.59 Å². The third-order valence-corrected chi connectivity index (χ3v) is 2.71. The number of hydrogen-bond acceptors (Lipinski definition) is 4. The molecule has 0 fully saturated rings. The van der Waals surface area contributed by atoms with Gasteiger partial charge in [-0.3, -0.25) is 4.68 Å². The van der Waals surface area contributed by atoms with E-state index in [1.807, 2.05) is 0 Å². The van der Waals surface area contributed by atoms with E-state index in [0.29, 0.717) is 30.8 Å². The first kappa shape index (κ1) is 16.0. The van der Waals surface area contributed by atoms with Gasteiger partial charge in [0.05, 0.1) is 11.4 Å². The van der Waals surface area contributed by atoms with E-state index in [4.69, 9.17) is 9.84 Å². The summed E-state index contributed by atoms with van der Waals surface area (Å²) in [5, 5.41) is 18.1. The predicted molar refractivity (Wildman–Crippen MR) is 72.6 cm³/mol. The van der Waals surface area contributed by atoms with Crippen molar-refractivity contribution in [2.24, 2.45) is 7.05 Å². The number of aryl methyl sites for hydroxylation is 2. The fourth-order valence-electron chi connectivity index (χ4n) is 1.73. The van der Waals surface area contributed by atoms with Crippen LogP contribution in [0.3, 0.4) is 0 Å². The molecule has 0 aromatic carbocycles. The Morgan fingerprint density at radius 2 is 2.25 bits per heavy atom. The lowest BCUT2D eigenvalue weighted by atomic mass is 10.1. The van der Waals surface area contributed by atoms with Gasteiger partial charge in [0.15, 0.2) is 0 Å². The number of ether oxygens (including phenoxy) is 1. The summed E-state index contributed by atoms with van der Waals surface area (Å²) < 4.78 is 6.43. The topological polar surface area (TPSA) is 105 Å². The highest BCUT2D eigenvalue weighted by atomic mass is 16.5. The van der Waals surface area contributed by atoms with Crippen molar-refractivity contribution in [2.45, 2.75) is 25.8 Å². The molecule has 20 heavy (non-hydrogen) atoms. The number of rotatable bonds is 7. The predicted octanol–water partition coefficient (Wildman–Crippen LogP) is 0.730. The summed E-state index contributed by atoms with van der Waals surface area (Å²) in [6.45, 7) is 2.21. The highest BCUT2D eigenvalue weighted by Gasteiger charge is 2.20. The Morgan fingerprint density at radius 3 is 2.75 bits per heavy atom. The van der Waals surface area contributed by atoms with Crippen molar-refractivity contribution in [1.29, 1.82) is 0 Å². The van der Waals surface area contributed by atoms with Gasteiger partial charge >= 0.3 is 12.0 Å². The number of hydrogen-bond donors (Lipinski definition) is 3. The molecular weight excluding hydrogens is 264 g/mol. The maximum absolute atomic E-state index is 11.8. The molecule has 2 amide bonds. The molecular formula is C12H20N4O4. The fourth-order valence-corrected chi connectivity index (χ4v) is 1.73. The van der Waals surface area contributed by atoms with Crippen molar-refractivity contribution in [3.63, 3.8) is 0 Å². The Kier molecular flexibility index (Phi) is 5.98. The van der Waals surface area contributed by atoms with Gasteiger partial charge < -0.3 is 20.5 Å². The summed E-state index contributed by atoms with van der Waals surface area (Å²) in [4.78, 5) is 22.8. The molecule has 0 saturated heterocycles. The maximum Gasteiger partial charge on any atom is 0.326 e. The van der Waals surface area contributed by atoms with Crippen LogP contribution >= 0.6 is 0 Å². The summed E-state index contributed by atoms with van der Waals surface area (Å²) in [5.41, 5.74) is 1.21. The SMILES string of the molecule is COCCCC(NC(=O)Nc1cn(C)nc1C)C(=O)O. The Labute approximate surface area is 117 Å². The van der Waals surface area contributed by atoms with Crippen molar-refractivity contribution in [2.75, 3.05) is 19.0 Å². The average molecular weight is 284 g/mol. The number of carbonyl (C=O) groups excluding carboxylic acids is 1. The summed E-state index contributed by atoms with van der Waals surface area (Å²) in [5.74, 6) is -1.07. The van der Waals surface area contributed by atoms with Crippen LogP contribution in [-0.2, 0) is 16.6 Å². The molecule has 8 nitrogen and oxygen atoms in total. The van der Waals surface area contributed by atoms with Crippen LogP contribution in [0.5, 0.6) is 0 Å². The van der Waals surface area contributed by atoms with E-state index in [9.17, 15) is 9.59 Å². The Bertz CT molecular complexity index is 472. The number of amides is 2. The summed E-state index contributed by atoms with van der Waals surface area (Å²) in [6, 6.07) is -1.51. The van der Waals surface area contributed by atoms with Gasteiger partial charge in [0.1, 0.15) is 6.04 Å². The van der Waals surface area contributed by atoms with Gasteiger partial charge in [0.2, 0.25) is 0 Å². The van der Waals surface area contributed by atoms with Crippen LogP contribution < -0.4 is 10.6 Å². The number of nitrogens with one attached hydrogen (secondary N) is 2. The van der Waals surface area contributed by atoms with Crippen molar-refractivity contribution in [1.82, 2.24) is 15.1 Å². The fraction of sp³-hybridized carbons (Fsp3) is 0.583. The zero-order chi connectivity index (χ0) is 15.1. The van der Waals surface area contributed by atoms with Crippen LogP contribution in [0.25, 0.3) is 0 Å². The normalized spacial score (nSPS) is 11.9. The number of aromatic nitrogens is 2. The second-order valence-electron chi connectivity index (χ2n) is 4.43. The number of carboxylic acids is 1. The van der Waals surface area contributed by atoms with Crippen LogP contribution in [0.2, 0.25) is 0 Å². The quantitative estimate of drug-likeness (QED) is 0.640. The third-order valence-electron chi connectivity index (χ3n) is 2.71. The van der Waals surface area contributed by atoms with E-state index in [-0.39, 0.29) is 0 Å². The van der Waals surface area contributed by atoms with Gasteiger partial charge in [-0.15, -0.1) is 0 Å². The first-order chi connectivity index (χ1) is 9.43. The van der Waals surface area contributed by atoms with E-state index in [1.165, 1.54) is 0 Å². The minimum Gasteiger partial charge on any atom is -0.480 e. The van der Waals surface area contributed by atoms with Gasteiger partial charge in [-0.05, 0) is 19.8 Å². The molecule has 1 atom stereocenters. The minimum atomic E-state index is -1.07. The first-order valence-electron chi connectivity index (χ1n) is 6.23. The largest absolute Gasteiger partial charge is 0.480 e. The Morgan fingerprint density at radius 1 is 1.55 bits per heavy atom. The van der Waals surface area contributed by atoms with Gasteiger partial charge in [0, 0.05) is 27.0 Å². The van der Waals surface area contributed by atoms with Crippen LogP contribution in [0.15, 0.2) is 6.20 Å². The number of carboxylic acid groups (broad SMARTS) is 1. The molecule has 1 rings (SSSR count). The molecule has 1 heterocycles. The lowest BCUT2D eigenvalue weighted by Crippen LogP contribution is -2.43. The number of carbonyl (C=O) groups is 2. The first-order valence-corrected chi connectivity index (χ1v) is 6.23. The molecule has 8 heteroatoms. The molecule has 3 N–H and O–H groups in total. The van der Waals surface area contributed by atoms with Crippen molar-refractivity contribution in [3.05, 3.63) is 11.9 Å². The van der Waals surface area contributed by atoms with Crippen molar-refractivity contribution in [3.8, 4) is 0 Å². The number of methoxy groups -OCH3 is 1. The molecule has 112 valence electrons. The Balaban J connectivity index is 2.53. The van der Waals surface area contributed by atoms with Crippen molar-refractivity contribution >= 4 is 17.7 Å². The van der Waals surface area contributed by atoms with Crippen LogP contribution in [0, 0.1) is 6.92 Å². The summed E-state index contributed by atoms with van der Waals surface area (Å²) >= 11 is 0. The average Bonchev–Trinajstić information content (AvgIpc) is 2.66. The molecule has 0 saturated carbocycles. The van der Waals surface area contributed by atoms with Crippen LogP contribution in [0.1, 0.15) is 18.5 Å². The van der Waals surface area contributed by atoms with Gasteiger partial charge in [-0.2, -0.15) is 5.10 Å². The zero-order valence-electron chi connectivity index (χ0n) is 11.8. The van der Waals surface area contributed by atoms with E-state index >= 15 is 0 Å². The molecule has 0 spiro atoms. The highest BCUT2D eigenvalue weighted by Crippen LogP contribution is 2.11. The lowest BCUT2D eigenvalue weighted by Gasteiger charge is -2.14. The van der Waals surface area contributed by atoms with Crippen molar-refractivity contribution < 1.29 is 19.4 Å². The highest BCUT2D eigenvalue weighted by molar-refractivity contribution is 5.92.